The molecule has 260 valence electrons. The molecule has 0 saturated heterocycles. The minimum absolute atomic E-state index is 0.00818. The second-order valence-electron chi connectivity index (χ2n) is 12.9. The average molecular weight is 711 g/mol. The first-order chi connectivity index (χ1) is 23.0. The molecule has 0 aliphatic rings. The van der Waals surface area contributed by atoms with Crippen molar-refractivity contribution in [3.05, 3.63) is 72.2 Å². The lowest BCUT2D eigenvalue weighted by molar-refractivity contribution is -0.117. The quantitative estimate of drug-likeness (QED) is 0.129. The summed E-state index contributed by atoms with van der Waals surface area (Å²) in [6.45, 7) is 12.1. The van der Waals surface area contributed by atoms with Crippen LogP contribution in [0.5, 0.6) is 11.5 Å². The second-order valence-corrected chi connectivity index (χ2v) is 14.4. The van der Waals surface area contributed by atoms with Crippen molar-refractivity contribution in [3.63, 3.8) is 0 Å². The van der Waals surface area contributed by atoms with Crippen molar-refractivity contribution in [1.29, 1.82) is 0 Å². The van der Waals surface area contributed by atoms with Crippen LogP contribution in [-0.2, 0) is 25.5 Å². The number of anilines is 1. The molecule has 0 fully saturated rings. The molecule has 2 aromatic carbocycles. The summed E-state index contributed by atoms with van der Waals surface area (Å²) in [6, 6.07) is 15.5. The van der Waals surface area contributed by atoms with Gasteiger partial charge >= 0.3 is 12.2 Å². The van der Waals surface area contributed by atoms with Crippen LogP contribution in [-0.4, -0.2) is 57.5 Å². The fraction of sp³-hybridized carbons (Fsp3) is 0.343. The number of benzene rings is 2. The number of halogens is 1. The molecule has 2 amide bonds. The van der Waals surface area contributed by atoms with Crippen LogP contribution in [0.15, 0.2) is 60.8 Å². The Hall–Kier alpha value is -4.82. The van der Waals surface area contributed by atoms with E-state index in [9.17, 15) is 18.8 Å². The van der Waals surface area contributed by atoms with E-state index in [-0.39, 0.29) is 36.5 Å². The molecule has 0 spiro atoms. The first-order valence-corrected chi connectivity index (χ1v) is 16.6. The Morgan fingerprint density at radius 2 is 1.63 bits per heavy atom. The van der Waals surface area contributed by atoms with Crippen molar-refractivity contribution in [2.24, 2.45) is 0 Å². The van der Waals surface area contributed by atoms with Gasteiger partial charge in [0, 0.05) is 42.4 Å². The first kappa shape index (κ1) is 37.0. The summed E-state index contributed by atoms with van der Waals surface area (Å²) in [6.07, 6.45) is 0.241. The van der Waals surface area contributed by atoms with E-state index >= 15 is 0 Å². The predicted molar refractivity (Wildman–Crippen MR) is 190 cm³/mol. The zero-order valence-corrected chi connectivity index (χ0v) is 30.0. The lowest BCUT2D eigenvalue weighted by Gasteiger charge is -2.27. The summed E-state index contributed by atoms with van der Waals surface area (Å²) < 4.78 is 37.6. The Morgan fingerprint density at radius 3 is 2.27 bits per heavy atom. The van der Waals surface area contributed by atoms with Crippen LogP contribution in [0.3, 0.4) is 0 Å². The van der Waals surface area contributed by atoms with Gasteiger partial charge in [0.25, 0.3) is 0 Å². The monoisotopic (exact) mass is 710 g/mol. The summed E-state index contributed by atoms with van der Waals surface area (Å²) in [7, 11) is 0. The largest absolute Gasteiger partial charge is 0.508 e. The molecule has 4 aromatic rings. The molecule has 0 unspecified atom stereocenters. The Bertz CT molecular complexity index is 1830. The molecule has 0 aliphatic carbocycles. The molecule has 11 nitrogen and oxygen atoms in total. The van der Waals surface area contributed by atoms with Crippen LogP contribution in [0.1, 0.15) is 54.0 Å². The van der Waals surface area contributed by atoms with Gasteiger partial charge in [0.2, 0.25) is 5.91 Å². The van der Waals surface area contributed by atoms with Crippen LogP contribution in [0.4, 0.5) is 19.7 Å². The van der Waals surface area contributed by atoms with Gasteiger partial charge in [-0.1, -0.05) is 24.3 Å². The standard InChI is InChI=1S/C35H39FN4O7S2/c1-21(41)38-31(48)39-24-12-13-27(25(36)18-24)45-28-14-15-37-26-19-29(49-30(26)28)23-10-8-22(9-11-23)20-40(32(42)46-34(2,3)4)16-17-44-33(43)47-35(5,6)7/h8-15,18-19H,16-17,20H2,1-7H3,(H2,38,39,41,48). The Labute approximate surface area is 293 Å². The van der Waals surface area contributed by atoms with E-state index in [4.69, 9.17) is 31.2 Å². The van der Waals surface area contributed by atoms with Gasteiger partial charge in [0.15, 0.2) is 16.7 Å². The number of aromatic nitrogens is 1. The fourth-order valence-electron chi connectivity index (χ4n) is 4.31. The number of carbonyl (C=O) groups is 3. The maximum absolute atomic E-state index is 15.0. The zero-order valence-electron chi connectivity index (χ0n) is 28.3. The van der Waals surface area contributed by atoms with E-state index < -0.39 is 29.3 Å². The van der Waals surface area contributed by atoms with E-state index in [0.717, 1.165) is 20.7 Å². The first-order valence-electron chi connectivity index (χ1n) is 15.3. The summed E-state index contributed by atoms with van der Waals surface area (Å²) in [5.41, 5.74) is 1.37. The van der Waals surface area contributed by atoms with Gasteiger partial charge in [0.1, 0.15) is 23.6 Å². The van der Waals surface area contributed by atoms with Gasteiger partial charge in [-0.3, -0.25) is 9.78 Å². The molecule has 0 aliphatic heterocycles. The maximum atomic E-state index is 15.0. The van der Waals surface area contributed by atoms with Crippen LogP contribution in [0.2, 0.25) is 0 Å². The molecule has 4 rings (SSSR count). The van der Waals surface area contributed by atoms with E-state index in [1.165, 1.54) is 35.3 Å². The van der Waals surface area contributed by atoms with Gasteiger partial charge in [-0.15, -0.1) is 11.3 Å². The number of nitrogens with one attached hydrogen (secondary N) is 2. The highest BCUT2D eigenvalue weighted by Crippen LogP contribution is 2.40. The van der Waals surface area contributed by atoms with Gasteiger partial charge in [-0.05, 0) is 83.1 Å². The summed E-state index contributed by atoms with van der Waals surface area (Å²) in [5.74, 6) is -0.512. The van der Waals surface area contributed by atoms with Gasteiger partial charge in [0.05, 0.1) is 16.8 Å². The van der Waals surface area contributed by atoms with E-state index in [2.05, 4.69) is 15.6 Å². The van der Waals surface area contributed by atoms with E-state index in [0.29, 0.717) is 17.0 Å². The molecule has 0 saturated carbocycles. The number of amides is 2. The molecule has 0 atom stereocenters. The summed E-state index contributed by atoms with van der Waals surface area (Å²) in [4.78, 5) is 43.0. The number of nitrogens with zero attached hydrogens (tertiary/aromatic N) is 2. The van der Waals surface area contributed by atoms with Crippen molar-refractivity contribution in [2.75, 3.05) is 18.5 Å². The highest BCUT2D eigenvalue weighted by Gasteiger charge is 2.24. The molecule has 2 N–H and O–H groups in total. The van der Waals surface area contributed by atoms with Crippen LogP contribution in [0, 0.1) is 5.82 Å². The molecule has 0 radical (unpaired) electrons. The number of ether oxygens (including phenoxy) is 4. The van der Waals surface area contributed by atoms with E-state index in [1.807, 2.05) is 30.3 Å². The Balaban J connectivity index is 1.47. The van der Waals surface area contributed by atoms with Crippen LogP contribution in [0.25, 0.3) is 20.7 Å². The van der Waals surface area contributed by atoms with Crippen LogP contribution < -0.4 is 15.4 Å². The lowest BCUT2D eigenvalue weighted by Crippen LogP contribution is -2.38. The van der Waals surface area contributed by atoms with Crippen molar-refractivity contribution < 1.29 is 37.7 Å². The minimum Gasteiger partial charge on any atom is -0.453 e. The highest BCUT2D eigenvalue weighted by molar-refractivity contribution is 7.80. The molecule has 49 heavy (non-hydrogen) atoms. The van der Waals surface area contributed by atoms with Crippen molar-refractivity contribution in [2.45, 2.75) is 66.2 Å². The number of thiocarbonyl (C=S) groups is 1. The predicted octanol–water partition coefficient (Wildman–Crippen LogP) is 8.42. The molecule has 14 heteroatoms. The summed E-state index contributed by atoms with van der Waals surface area (Å²) in [5, 5.41) is 5.23. The van der Waals surface area contributed by atoms with E-state index in [1.54, 1.807) is 59.9 Å². The topological polar surface area (TPSA) is 128 Å². The molecular weight excluding hydrogens is 672 g/mol. The summed E-state index contributed by atoms with van der Waals surface area (Å²) >= 11 is 6.48. The van der Waals surface area contributed by atoms with Crippen molar-refractivity contribution in [3.8, 4) is 21.9 Å². The molecule has 2 heterocycles. The maximum Gasteiger partial charge on any atom is 0.508 e. The lowest BCUT2D eigenvalue weighted by atomic mass is 10.1. The number of carbonyl (C=O) groups excluding carboxylic acids is 3. The number of hydrogen-bond donors (Lipinski definition) is 2. The third kappa shape index (κ3) is 11.4. The molecule has 2 aromatic heterocycles. The SMILES string of the molecule is CC(=O)NC(=S)Nc1ccc(Oc2ccnc3cc(-c4ccc(CN(CCOC(=O)OC(C)(C)C)C(=O)OC(C)(C)C)cc4)sc23)c(F)c1. The third-order valence-corrected chi connectivity index (χ3v) is 7.70. The fourth-order valence-corrected chi connectivity index (χ4v) is 5.65. The van der Waals surface area contributed by atoms with Gasteiger partial charge in [-0.25, -0.2) is 14.0 Å². The Morgan fingerprint density at radius 1 is 0.939 bits per heavy atom. The number of thiophene rings is 1. The normalized spacial score (nSPS) is 11.4. The number of rotatable bonds is 9. The van der Waals surface area contributed by atoms with Gasteiger partial charge in [-0.2, -0.15) is 0 Å². The van der Waals surface area contributed by atoms with Crippen molar-refractivity contribution >= 4 is 62.7 Å². The molecule has 0 bridgehead atoms. The molecular formula is C35H39FN4O7S2. The second kappa shape index (κ2) is 15.6. The van der Waals surface area contributed by atoms with Crippen LogP contribution >= 0.6 is 23.6 Å². The minimum atomic E-state index is -0.812. The number of fused-ring (bicyclic) bond motifs is 1. The van der Waals surface area contributed by atoms with Gasteiger partial charge < -0.3 is 34.5 Å². The third-order valence-electron chi connectivity index (χ3n) is 6.31. The number of pyridine rings is 1. The van der Waals surface area contributed by atoms with Crippen molar-refractivity contribution in [1.82, 2.24) is 15.2 Å². The smallest absolute Gasteiger partial charge is 0.453 e. The average Bonchev–Trinajstić information content (AvgIpc) is 3.41. The zero-order chi connectivity index (χ0) is 35.9. The Kier molecular flexibility index (Phi) is 11.8. The number of hydrogen-bond acceptors (Lipinski definition) is 10. The highest BCUT2D eigenvalue weighted by atomic mass is 32.1.